The van der Waals surface area contributed by atoms with Gasteiger partial charge in [-0.2, -0.15) is 0 Å². The summed E-state index contributed by atoms with van der Waals surface area (Å²) in [6, 6.07) is 4.86. The van der Waals surface area contributed by atoms with E-state index in [-0.39, 0.29) is 36.5 Å². The van der Waals surface area contributed by atoms with Crippen LogP contribution in [-0.2, 0) is 9.53 Å². The first kappa shape index (κ1) is 24.4. The summed E-state index contributed by atoms with van der Waals surface area (Å²) in [5.74, 6) is 0.259. The molecule has 32 heavy (non-hydrogen) atoms. The summed E-state index contributed by atoms with van der Waals surface area (Å²) in [4.78, 5) is 29.7. The molecule has 1 fully saturated rings. The van der Waals surface area contributed by atoms with Gasteiger partial charge in [-0.3, -0.25) is 14.5 Å². The zero-order chi connectivity index (χ0) is 23.1. The van der Waals surface area contributed by atoms with Crippen molar-refractivity contribution in [3.05, 3.63) is 23.8 Å². The Morgan fingerprint density at radius 2 is 2.06 bits per heavy atom. The fraction of sp³-hybridized carbons (Fsp3) is 0.652. The maximum absolute atomic E-state index is 13.4. The molecule has 1 aromatic rings. The van der Waals surface area contributed by atoms with E-state index in [2.05, 4.69) is 15.5 Å². The van der Waals surface area contributed by atoms with E-state index in [0.29, 0.717) is 56.3 Å². The number of nitrogens with zero attached hydrogens (tertiary/aromatic N) is 2. The molecular weight excluding hydrogens is 412 g/mol. The summed E-state index contributed by atoms with van der Waals surface area (Å²) in [5.41, 5.74) is 0.951. The van der Waals surface area contributed by atoms with Crippen LogP contribution in [0.1, 0.15) is 30.6 Å². The number of nitrogens with one attached hydrogen (secondary N) is 2. The highest BCUT2D eigenvalue weighted by atomic mass is 16.5. The second-order valence-corrected chi connectivity index (χ2v) is 8.64. The molecule has 2 aliphatic rings. The van der Waals surface area contributed by atoms with Gasteiger partial charge in [-0.1, -0.05) is 6.92 Å². The van der Waals surface area contributed by atoms with Gasteiger partial charge in [-0.05, 0) is 32.2 Å². The fourth-order valence-corrected chi connectivity index (χ4v) is 4.05. The van der Waals surface area contributed by atoms with Crippen molar-refractivity contribution in [2.24, 2.45) is 5.92 Å². The Balaban J connectivity index is 1.76. The van der Waals surface area contributed by atoms with Crippen molar-refractivity contribution in [2.45, 2.75) is 32.4 Å². The lowest BCUT2D eigenvalue weighted by molar-refractivity contribution is -0.116. The van der Waals surface area contributed by atoms with E-state index in [0.717, 1.165) is 13.1 Å². The van der Waals surface area contributed by atoms with Crippen LogP contribution in [0.2, 0.25) is 0 Å². The molecule has 0 saturated carbocycles. The van der Waals surface area contributed by atoms with Crippen molar-refractivity contribution in [3.63, 3.8) is 0 Å². The number of benzene rings is 1. The number of likely N-dealkylation sites (N-methyl/N-ethyl adjacent to an activating group) is 1. The first-order valence-electron chi connectivity index (χ1n) is 11.4. The predicted octanol–water partition coefficient (Wildman–Crippen LogP) is 0.787. The molecule has 0 spiro atoms. The first-order valence-corrected chi connectivity index (χ1v) is 11.4. The van der Waals surface area contributed by atoms with Gasteiger partial charge in [-0.25, -0.2) is 0 Å². The van der Waals surface area contributed by atoms with Gasteiger partial charge < -0.3 is 30.1 Å². The summed E-state index contributed by atoms with van der Waals surface area (Å²) >= 11 is 0. The third-order valence-electron chi connectivity index (χ3n) is 6.11. The highest BCUT2D eigenvalue weighted by Crippen LogP contribution is 2.30. The van der Waals surface area contributed by atoms with Crippen LogP contribution in [0.4, 0.5) is 5.69 Å². The van der Waals surface area contributed by atoms with Gasteiger partial charge >= 0.3 is 0 Å². The standard InChI is InChI=1S/C23H36N4O5/c1-16-14-27(17(2)15-28)23(30)19-12-18(4-5-20(19)32-21(16)13-24-3)25-22(29)6-7-26-8-10-31-11-9-26/h4-5,12,16-17,21,24,28H,6-11,13-15H2,1-3H3,(H,25,29)/t16-,17+,21-/m1/s1. The molecule has 2 amide bonds. The molecule has 2 aliphatic heterocycles. The lowest BCUT2D eigenvalue weighted by Crippen LogP contribution is -2.49. The Bertz CT molecular complexity index is 784. The van der Waals surface area contributed by atoms with E-state index >= 15 is 0 Å². The Hall–Kier alpha value is -2.20. The van der Waals surface area contributed by atoms with Crippen molar-refractivity contribution in [3.8, 4) is 5.75 Å². The number of hydrogen-bond donors (Lipinski definition) is 3. The Labute approximate surface area is 190 Å². The molecule has 1 aromatic carbocycles. The van der Waals surface area contributed by atoms with Crippen molar-refractivity contribution < 1.29 is 24.2 Å². The van der Waals surface area contributed by atoms with Gasteiger partial charge in [0.25, 0.3) is 5.91 Å². The summed E-state index contributed by atoms with van der Waals surface area (Å²) in [5, 5.41) is 15.8. The number of aliphatic hydroxyl groups excluding tert-OH is 1. The van der Waals surface area contributed by atoms with Gasteiger partial charge in [0, 0.05) is 50.7 Å². The molecule has 3 N–H and O–H groups in total. The third kappa shape index (κ3) is 6.19. The molecule has 3 atom stereocenters. The molecule has 178 valence electrons. The minimum absolute atomic E-state index is 0.0770. The Morgan fingerprint density at radius 1 is 1.31 bits per heavy atom. The molecule has 0 radical (unpaired) electrons. The van der Waals surface area contributed by atoms with Crippen LogP contribution in [0, 0.1) is 5.92 Å². The summed E-state index contributed by atoms with van der Waals surface area (Å²) in [7, 11) is 1.87. The predicted molar refractivity (Wildman–Crippen MR) is 122 cm³/mol. The van der Waals surface area contributed by atoms with E-state index < -0.39 is 0 Å². The third-order valence-corrected chi connectivity index (χ3v) is 6.11. The number of carbonyl (C=O) groups is 2. The number of rotatable bonds is 8. The molecule has 3 rings (SSSR count). The van der Waals surface area contributed by atoms with Gasteiger partial charge in [0.15, 0.2) is 0 Å². The molecule has 0 unspecified atom stereocenters. The largest absolute Gasteiger partial charge is 0.488 e. The minimum Gasteiger partial charge on any atom is -0.488 e. The Kier molecular flexibility index (Phi) is 8.86. The number of aliphatic hydroxyl groups is 1. The lowest BCUT2D eigenvalue weighted by atomic mass is 9.99. The van der Waals surface area contributed by atoms with Gasteiger partial charge in [0.05, 0.1) is 31.4 Å². The molecule has 0 aromatic heterocycles. The molecule has 9 nitrogen and oxygen atoms in total. The van der Waals surface area contributed by atoms with Gasteiger partial charge in [-0.15, -0.1) is 0 Å². The number of ether oxygens (including phenoxy) is 2. The molecule has 1 saturated heterocycles. The first-order chi connectivity index (χ1) is 15.4. The number of amides is 2. The van der Waals surface area contributed by atoms with E-state index in [4.69, 9.17) is 9.47 Å². The number of fused-ring (bicyclic) bond motifs is 1. The van der Waals surface area contributed by atoms with Gasteiger partial charge in [0.1, 0.15) is 11.9 Å². The number of carbonyl (C=O) groups excluding carboxylic acids is 2. The smallest absolute Gasteiger partial charge is 0.258 e. The van der Waals surface area contributed by atoms with Crippen molar-refractivity contribution in [1.29, 1.82) is 0 Å². The van der Waals surface area contributed by atoms with Crippen LogP contribution in [0.3, 0.4) is 0 Å². The normalized spacial score (nSPS) is 23.0. The summed E-state index contributed by atoms with van der Waals surface area (Å²) < 4.78 is 11.5. The van der Waals surface area contributed by atoms with Crippen LogP contribution in [0.15, 0.2) is 18.2 Å². The van der Waals surface area contributed by atoms with Crippen molar-refractivity contribution in [2.75, 3.05) is 64.9 Å². The number of morpholine rings is 1. The monoisotopic (exact) mass is 448 g/mol. The zero-order valence-corrected chi connectivity index (χ0v) is 19.3. The summed E-state index contributed by atoms with van der Waals surface area (Å²) in [6.07, 6.45) is 0.242. The van der Waals surface area contributed by atoms with E-state index in [9.17, 15) is 14.7 Å². The van der Waals surface area contributed by atoms with E-state index in [1.54, 1.807) is 23.1 Å². The molecule has 0 aliphatic carbocycles. The summed E-state index contributed by atoms with van der Waals surface area (Å²) in [6.45, 7) is 8.61. The molecular formula is C23H36N4O5. The highest BCUT2D eigenvalue weighted by Gasteiger charge is 2.32. The molecule has 9 heteroatoms. The zero-order valence-electron chi connectivity index (χ0n) is 19.3. The quantitative estimate of drug-likeness (QED) is 0.540. The number of hydrogen-bond acceptors (Lipinski definition) is 7. The Morgan fingerprint density at radius 3 is 2.75 bits per heavy atom. The maximum atomic E-state index is 13.4. The average molecular weight is 449 g/mol. The van der Waals surface area contributed by atoms with Crippen LogP contribution in [0.25, 0.3) is 0 Å². The van der Waals surface area contributed by atoms with Crippen LogP contribution >= 0.6 is 0 Å². The maximum Gasteiger partial charge on any atom is 0.258 e. The highest BCUT2D eigenvalue weighted by molar-refractivity contribution is 5.99. The average Bonchev–Trinajstić information content (AvgIpc) is 2.80. The van der Waals surface area contributed by atoms with E-state index in [1.165, 1.54) is 0 Å². The van der Waals surface area contributed by atoms with Crippen LogP contribution in [0.5, 0.6) is 5.75 Å². The molecule has 0 bridgehead atoms. The minimum atomic E-state index is -0.321. The SMILES string of the molecule is CNC[C@H]1Oc2ccc(NC(=O)CCN3CCOCC3)cc2C(=O)N([C@@H](C)CO)C[C@H]1C. The second kappa shape index (κ2) is 11.6. The van der Waals surface area contributed by atoms with Gasteiger partial charge in [0.2, 0.25) is 5.91 Å². The topological polar surface area (TPSA) is 103 Å². The fourth-order valence-electron chi connectivity index (χ4n) is 4.05. The second-order valence-electron chi connectivity index (χ2n) is 8.64. The van der Waals surface area contributed by atoms with E-state index in [1.807, 2.05) is 20.9 Å². The van der Waals surface area contributed by atoms with Crippen LogP contribution < -0.4 is 15.4 Å². The van der Waals surface area contributed by atoms with Crippen molar-refractivity contribution in [1.82, 2.24) is 15.1 Å². The molecule has 2 heterocycles. The lowest BCUT2D eigenvalue weighted by Gasteiger charge is -2.37. The number of anilines is 1. The van der Waals surface area contributed by atoms with Crippen molar-refractivity contribution >= 4 is 17.5 Å². The van der Waals surface area contributed by atoms with Crippen LogP contribution in [-0.4, -0.2) is 98.5 Å².